The van der Waals surface area contributed by atoms with Gasteiger partial charge in [-0.15, -0.1) is 0 Å². The summed E-state index contributed by atoms with van der Waals surface area (Å²) >= 11 is 0. The van der Waals surface area contributed by atoms with Crippen molar-refractivity contribution in [2.45, 2.75) is 6.42 Å². The molecule has 4 heteroatoms. The molecule has 2 rings (SSSR count). The van der Waals surface area contributed by atoms with Crippen LogP contribution in [0.2, 0.25) is 0 Å². The first-order valence-electron chi connectivity index (χ1n) is 5.54. The Labute approximate surface area is 99.7 Å². The van der Waals surface area contributed by atoms with Crippen LogP contribution in [0.3, 0.4) is 0 Å². The van der Waals surface area contributed by atoms with Crippen LogP contribution in [0.4, 0.5) is 5.69 Å². The molecule has 1 aromatic rings. The maximum absolute atomic E-state index is 11.6. The van der Waals surface area contributed by atoms with Gasteiger partial charge in [0.05, 0.1) is 11.3 Å². The third-order valence-electron chi connectivity index (χ3n) is 2.64. The molecule has 1 aliphatic rings. The van der Waals surface area contributed by atoms with Crippen LogP contribution >= 0.6 is 0 Å². The highest BCUT2D eigenvalue weighted by molar-refractivity contribution is 6.52. The highest BCUT2D eigenvalue weighted by atomic mass is 16.2. The summed E-state index contributed by atoms with van der Waals surface area (Å²) in [6, 6.07) is 5.41. The smallest absolute Gasteiger partial charge is 0.296 e. The van der Waals surface area contributed by atoms with Gasteiger partial charge in [0.15, 0.2) is 0 Å². The van der Waals surface area contributed by atoms with E-state index in [4.69, 9.17) is 0 Å². The van der Waals surface area contributed by atoms with Crippen molar-refractivity contribution in [3.8, 4) is 0 Å². The van der Waals surface area contributed by atoms with Crippen molar-refractivity contribution in [1.29, 1.82) is 0 Å². The maximum atomic E-state index is 11.6. The molecule has 0 fully saturated rings. The minimum Gasteiger partial charge on any atom is -0.319 e. The van der Waals surface area contributed by atoms with Crippen LogP contribution in [0.15, 0.2) is 24.3 Å². The number of carbonyl (C=O) groups excluding carboxylic acids is 2. The zero-order chi connectivity index (χ0) is 12.3. The molecule has 2 N–H and O–H groups in total. The normalized spacial score (nSPS) is 14.2. The number of nitrogens with one attached hydrogen (secondary N) is 2. The fourth-order valence-electron chi connectivity index (χ4n) is 1.80. The maximum Gasteiger partial charge on any atom is 0.296 e. The molecule has 1 aliphatic heterocycles. The fourth-order valence-corrected chi connectivity index (χ4v) is 1.80. The zero-order valence-electron chi connectivity index (χ0n) is 9.62. The van der Waals surface area contributed by atoms with Gasteiger partial charge in [0.25, 0.3) is 11.7 Å². The van der Waals surface area contributed by atoms with Crippen LogP contribution in [0.25, 0.3) is 6.08 Å². The van der Waals surface area contributed by atoms with Gasteiger partial charge in [0.2, 0.25) is 0 Å². The first-order chi connectivity index (χ1) is 8.24. The van der Waals surface area contributed by atoms with E-state index in [0.717, 1.165) is 18.5 Å². The van der Waals surface area contributed by atoms with Gasteiger partial charge in [0.1, 0.15) is 0 Å². The van der Waals surface area contributed by atoms with Crippen LogP contribution < -0.4 is 10.6 Å². The molecule has 0 saturated carbocycles. The number of amides is 1. The second kappa shape index (κ2) is 4.93. The molecule has 0 bridgehead atoms. The Kier molecular flexibility index (Phi) is 3.35. The standard InChI is InChI=1S/C13H14N2O2/c1-14-8-3-2-5-9-6-4-7-10-11(9)12(16)13(17)15-10/h2,4-7,14H,3,8H2,1H3,(H,15,16,17). The number of carbonyl (C=O) groups is 2. The summed E-state index contributed by atoms with van der Waals surface area (Å²) in [5.41, 5.74) is 1.89. The second-order valence-electron chi connectivity index (χ2n) is 3.85. The molecule has 0 atom stereocenters. The lowest BCUT2D eigenvalue weighted by Crippen LogP contribution is -2.12. The van der Waals surface area contributed by atoms with E-state index in [2.05, 4.69) is 10.6 Å². The number of hydrogen-bond acceptors (Lipinski definition) is 3. The molecule has 0 saturated heterocycles. The minimum absolute atomic E-state index is 0.450. The summed E-state index contributed by atoms with van der Waals surface area (Å²) in [4.78, 5) is 22.9. The second-order valence-corrected chi connectivity index (χ2v) is 3.85. The van der Waals surface area contributed by atoms with Gasteiger partial charge < -0.3 is 10.6 Å². The predicted octanol–water partition coefficient (Wildman–Crippen LogP) is 1.44. The molecular weight excluding hydrogens is 216 g/mol. The predicted molar refractivity (Wildman–Crippen MR) is 67.0 cm³/mol. The van der Waals surface area contributed by atoms with Gasteiger partial charge in [-0.2, -0.15) is 0 Å². The van der Waals surface area contributed by atoms with Crippen molar-refractivity contribution in [3.05, 3.63) is 35.4 Å². The lowest BCUT2D eigenvalue weighted by molar-refractivity contribution is -0.112. The number of fused-ring (bicyclic) bond motifs is 1. The van der Waals surface area contributed by atoms with Gasteiger partial charge in [0, 0.05) is 0 Å². The molecule has 1 heterocycles. The lowest BCUT2D eigenvalue weighted by Gasteiger charge is -2.00. The summed E-state index contributed by atoms with van der Waals surface area (Å²) < 4.78 is 0. The van der Waals surface area contributed by atoms with E-state index in [1.54, 1.807) is 6.07 Å². The number of benzene rings is 1. The third kappa shape index (κ3) is 2.26. The summed E-state index contributed by atoms with van der Waals surface area (Å²) in [5, 5.41) is 5.59. The summed E-state index contributed by atoms with van der Waals surface area (Å²) in [7, 11) is 1.89. The van der Waals surface area contributed by atoms with E-state index < -0.39 is 11.7 Å². The summed E-state index contributed by atoms with van der Waals surface area (Å²) in [6.07, 6.45) is 4.76. The lowest BCUT2D eigenvalue weighted by atomic mass is 10.0. The largest absolute Gasteiger partial charge is 0.319 e. The first kappa shape index (κ1) is 11.5. The number of Topliss-reactive ketones (excluding diaryl/α,β-unsaturated/α-hetero) is 1. The van der Waals surface area contributed by atoms with Crippen molar-refractivity contribution >= 4 is 23.5 Å². The summed E-state index contributed by atoms with van der Waals surface area (Å²) in [5.74, 6) is -0.995. The molecule has 88 valence electrons. The number of hydrogen-bond donors (Lipinski definition) is 2. The van der Waals surface area contributed by atoms with Gasteiger partial charge in [-0.25, -0.2) is 0 Å². The molecule has 0 radical (unpaired) electrons. The van der Waals surface area contributed by atoms with Crippen molar-refractivity contribution in [1.82, 2.24) is 5.32 Å². The Morgan fingerprint density at radius 2 is 2.18 bits per heavy atom. The third-order valence-corrected chi connectivity index (χ3v) is 2.64. The Morgan fingerprint density at radius 1 is 1.35 bits per heavy atom. The Hall–Kier alpha value is -1.94. The average Bonchev–Trinajstić information content (AvgIpc) is 2.62. The van der Waals surface area contributed by atoms with Crippen molar-refractivity contribution in [2.75, 3.05) is 18.9 Å². The van der Waals surface area contributed by atoms with E-state index in [1.807, 2.05) is 31.3 Å². The monoisotopic (exact) mass is 230 g/mol. The Morgan fingerprint density at radius 3 is 2.94 bits per heavy atom. The van der Waals surface area contributed by atoms with Crippen LogP contribution in [0.1, 0.15) is 22.3 Å². The zero-order valence-corrected chi connectivity index (χ0v) is 9.62. The van der Waals surface area contributed by atoms with Crippen LogP contribution in [0, 0.1) is 0 Å². The van der Waals surface area contributed by atoms with E-state index >= 15 is 0 Å². The molecular formula is C13H14N2O2. The Bertz CT molecular complexity index is 492. The molecule has 4 nitrogen and oxygen atoms in total. The van der Waals surface area contributed by atoms with Gasteiger partial charge in [-0.3, -0.25) is 9.59 Å². The molecule has 0 spiro atoms. The van der Waals surface area contributed by atoms with Crippen LogP contribution in [-0.4, -0.2) is 25.3 Å². The van der Waals surface area contributed by atoms with Gasteiger partial charge >= 0.3 is 0 Å². The van der Waals surface area contributed by atoms with E-state index in [0.29, 0.717) is 11.3 Å². The van der Waals surface area contributed by atoms with Crippen LogP contribution in [0.5, 0.6) is 0 Å². The minimum atomic E-state index is -0.545. The van der Waals surface area contributed by atoms with Gasteiger partial charge in [-0.05, 0) is 31.6 Å². The van der Waals surface area contributed by atoms with Crippen molar-refractivity contribution in [3.63, 3.8) is 0 Å². The molecule has 0 unspecified atom stereocenters. The van der Waals surface area contributed by atoms with E-state index in [1.165, 1.54) is 0 Å². The number of rotatable bonds is 4. The van der Waals surface area contributed by atoms with Crippen molar-refractivity contribution < 1.29 is 9.59 Å². The van der Waals surface area contributed by atoms with Gasteiger partial charge in [-0.1, -0.05) is 24.3 Å². The highest BCUT2D eigenvalue weighted by Crippen LogP contribution is 2.27. The Balaban J connectivity index is 2.26. The number of ketones is 1. The molecule has 1 amide bonds. The molecule has 17 heavy (non-hydrogen) atoms. The topological polar surface area (TPSA) is 58.2 Å². The molecule has 1 aromatic carbocycles. The van der Waals surface area contributed by atoms with Crippen molar-refractivity contribution in [2.24, 2.45) is 0 Å². The first-order valence-corrected chi connectivity index (χ1v) is 5.54. The molecule has 0 aromatic heterocycles. The number of anilines is 1. The summed E-state index contributed by atoms with van der Waals surface area (Å²) in [6.45, 7) is 0.886. The van der Waals surface area contributed by atoms with Crippen LogP contribution in [-0.2, 0) is 4.79 Å². The average molecular weight is 230 g/mol. The SMILES string of the molecule is CNCCC=Cc1cccc2c1C(=O)C(=O)N2. The molecule has 0 aliphatic carbocycles. The highest BCUT2D eigenvalue weighted by Gasteiger charge is 2.29. The fraction of sp³-hybridized carbons (Fsp3) is 0.231. The van der Waals surface area contributed by atoms with E-state index in [9.17, 15) is 9.59 Å². The van der Waals surface area contributed by atoms with E-state index in [-0.39, 0.29) is 0 Å². The quantitative estimate of drug-likeness (QED) is 0.608.